The van der Waals surface area contributed by atoms with Crippen molar-refractivity contribution in [3.8, 4) is 11.3 Å². The van der Waals surface area contributed by atoms with Gasteiger partial charge >= 0.3 is 5.97 Å². The molecule has 0 aliphatic heterocycles. The van der Waals surface area contributed by atoms with E-state index in [0.717, 1.165) is 0 Å². The molecule has 0 spiro atoms. The van der Waals surface area contributed by atoms with Crippen molar-refractivity contribution in [3.63, 3.8) is 0 Å². The number of furan rings is 1. The summed E-state index contributed by atoms with van der Waals surface area (Å²) in [5.74, 6) is -1.23. The van der Waals surface area contributed by atoms with E-state index in [-0.39, 0.29) is 11.7 Å². The number of aromatic carboxylic acids is 1. The van der Waals surface area contributed by atoms with Gasteiger partial charge in [-0.05, 0) is 30.3 Å². The average Bonchev–Trinajstić information content (AvgIpc) is 2.77. The number of hydrogen-bond acceptors (Lipinski definition) is 3. The molecule has 1 aromatic carbocycles. The van der Waals surface area contributed by atoms with Crippen molar-refractivity contribution < 1.29 is 19.1 Å². The number of carbonyl (C=O) groups excluding carboxylic acids is 1. The van der Waals surface area contributed by atoms with Crippen LogP contribution >= 0.6 is 11.6 Å². The maximum absolute atomic E-state index is 11.1. The Hall–Kier alpha value is -2.27. The van der Waals surface area contributed by atoms with Gasteiger partial charge in [0.15, 0.2) is 0 Å². The van der Waals surface area contributed by atoms with Gasteiger partial charge in [0.25, 0.3) is 0 Å². The number of rotatable bonds is 3. The second-order valence-electron chi connectivity index (χ2n) is 3.84. The van der Waals surface area contributed by atoms with E-state index in [2.05, 4.69) is 5.32 Å². The van der Waals surface area contributed by atoms with Crippen LogP contribution in [0.5, 0.6) is 0 Å². The summed E-state index contributed by atoms with van der Waals surface area (Å²) in [4.78, 5) is 21.9. The second-order valence-corrected chi connectivity index (χ2v) is 4.28. The average molecular weight is 280 g/mol. The third-order valence-electron chi connectivity index (χ3n) is 2.37. The molecule has 2 aromatic rings. The minimum absolute atomic E-state index is 0.168. The van der Waals surface area contributed by atoms with E-state index < -0.39 is 5.97 Å². The Kier molecular flexibility index (Phi) is 3.57. The van der Waals surface area contributed by atoms with Crippen molar-refractivity contribution in [1.29, 1.82) is 0 Å². The molecule has 0 radical (unpaired) electrons. The summed E-state index contributed by atoms with van der Waals surface area (Å²) >= 11 is 5.87. The van der Waals surface area contributed by atoms with Crippen LogP contribution in [0.1, 0.15) is 17.5 Å². The summed E-state index contributed by atoms with van der Waals surface area (Å²) in [6.07, 6.45) is 0. The summed E-state index contributed by atoms with van der Waals surface area (Å²) in [7, 11) is 0. The fourth-order valence-corrected chi connectivity index (χ4v) is 1.79. The van der Waals surface area contributed by atoms with E-state index >= 15 is 0 Å². The molecule has 98 valence electrons. The number of carboxylic acid groups (broad SMARTS) is 1. The zero-order valence-corrected chi connectivity index (χ0v) is 10.7. The molecule has 19 heavy (non-hydrogen) atoms. The van der Waals surface area contributed by atoms with Crippen molar-refractivity contribution >= 4 is 29.2 Å². The number of nitrogens with one attached hydrogen (secondary N) is 1. The predicted molar refractivity (Wildman–Crippen MR) is 70.4 cm³/mol. The Balaban J connectivity index is 2.47. The molecule has 0 atom stereocenters. The quantitative estimate of drug-likeness (QED) is 0.904. The van der Waals surface area contributed by atoms with Crippen LogP contribution in [0.4, 0.5) is 5.69 Å². The van der Waals surface area contributed by atoms with E-state index in [9.17, 15) is 9.59 Å². The van der Waals surface area contributed by atoms with Crippen LogP contribution in [0.2, 0.25) is 5.02 Å². The molecular weight excluding hydrogens is 270 g/mol. The Bertz CT molecular complexity index is 648. The highest BCUT2D eigenvalue weighted by Gasteiger charge is 2.14. The number of carboxylic acids is 1. The third-order valence-corrected chi connectivity index (χ3v) is 2.61. The first kappa shape index (κ1) is 13.2. The molecule has 0 aliphatic carbocycles. The maximum atomic E-state index is 11.1. The van der Waals surface area contributed by atoms with Gasteiger partial charge in [-0.3, -0.25) is 4.79 Å². The Morgan fingerprint density at radius 3 is 2.58 bits per heavy atom. The number of halogens is 1. The molecule has 0 fully saturated rings. The van der Waals surface area contributed by atoms with Crippen molar-refractivity contribution in [2.24, 2.45) is 0 Å². The van der Waals surface area contributed by atoms with Crippen LogP contribution < -0.4 is 5.32 Å². The van der Waals surface area contributed by atoms with E-state index in [0.29, 0.717) is 22.0 Å². The highest BCUT2D eigenvalue weighted by molar-refractivity contribution is 6.31. The molecule has 0 saturated heterocycles. The topological polar surface area (TPSA) is 79.5 Å². The monoisotopic (exact) mass is 279 g/mol. The fraction of sp³-hybridized carbons (Fsp3) is 0.0769. The lowest BCUT2D eigenvalue weighted by atomic mass is 10.1. The van der Waals surface area contributed by atoms with Gasteiger partial charge in [-0.2, -0.15) is 0 Å². The van der Waals surface area contributed by atoms with Gasteiger partial charge in [0, 0.05) is 17.5 Å². The maximum Gasteiger partial charge on any atom is 0.371 e. The molecule has 0 saturated carbocycles. The number of carbonyl (C=O) groups is 2. The van der Waals surface area contributed by atoms with Crippen LogP contribution in [-0.4, -0.2) is 17.0 Å². The van der Waals surface area contributed by atoms with Gasteiger partial charge in [-0.25, -0.2) is 4.79 Å². The van der Waals surface area contributed by atoms with Crippen molar-refractivity contribution in [3.05, 3.63) is 41.1 Å². The highest BCUT2D eigenvalue weighted by atomic mass is 35.5. The normalized spacial score (nSPS) is 10.2. The summed E-state index contributed by atoms with van der Waals surface area (Å²) in [6, 6.07) is 7.73. The van der Waals surface area contributed by atoms with Crippen LogP contribution in [-0.2, 0) is 4.79 Å². The van der Waals surface area contributed by atoms with Crippen LogP contribution in [0.3, 0.4) is 0 Å². The van der Waals surface area contributed by atoms with Crippen molar-refractivity contribution in [2.45, 2.75) is 6.92 Å². The van der Waals surface area contributed by atoms with E-state index in [1.165, 1.54) is 19.1 Å². The minimum atomic E-state index is -1.15. The van der Waals surface area contributed by atoms with E-state index in [1.54, 1.807) is 18.2 Å². The largest absolute Gasteiger partial charge is 0.475 e. The molecule has 0 unspecified atom stereocenters. The summed E-state index contributed by atoms with van der Waals surface area (Å²) < 4.78 is 5.20. The summed E-state index contributed by atoms with van der Waals surface area (Å²) in [5, 5.41) is 11.9. The Morgan fingerprint density at radius 2 is 2.00 bits per heavy atom. The number of amides is 1. The molecule has 5 nitrogen and oxygen atoms in total. The third kappa shape index (κ3) is 2.95. The molecule has 1 amide bonds. The zero-order valence-electron chi connectivity index (χ0n) is 9.94. The smallest absolute Gasteiger partial charge is 0.371 e. The predicted octanol–water partition coefficient (Wildman–Crippen LogP) is 3.26. The van der Waals surface area contributed by atoms with Gasteiger partial charge < -0.3 is 14.8 Å². The van der Waals surface area contributed by atoms with Crippen molar-refractivity contribution in [1.82, 2.24) is 0 Å². The molecule has 0 aliphatic rings. The van der Waals surface area contributed by atoms with Gasteiger partial charge in [0.05, 0.1) is 5.69 Å². The Morgan fingerprint density at radius 1 is 1.26 bits per heavy atom. The van der Waals surface area contributed by atoms with Crippen LogP contribution in [0.25, 0.3) is 11.3 Å². The first-order valence-corrected chi connectivity index (χ1v) is 5.76. The fourth-order valence-electron chi connectivity index (χ4n) is 1.62. The number of benzene rings is 1. The van der Waals surface area contributed by atoms with Gasteiger partial charge in [-0.15, -0.1) is 0 Å². The standard InChI is InChI=1S/C13H10ClNO4/c1-7(16)15-10-6-8(14)2-3-9(10)11-4-5-12(19-11)13(17)18/h2-6H,1H3,(H,15,16)(H,17,18). The number of anilines is 1. The molecule has 2 rings (SSSR count). The number of hydrogen-bond donors (Lipinski definition) is 2. The lowest BCUT2D eigenvalue weighted by molar-refractivity contribution is -0.114. The van der Waals surface area contributed by atoms with Gasteiger partial charge in [-0.1, -0.05) is 11.6 Å². The molecule has 1 heterocycles. The molecule has 6 heteroatoms. The van der Waals surface area contributed by atoms with E-state index in [4.69, 9.17) is 21.1 Å². The van der Waals surface area contributed by atoms with Crippen molar-refractivity contribution in [2.75, 3.05) is 5.32 Å². The lowest BCUT2D eigenvalue weighted by Crippen LogP contribution is -2.06. The Labute approximate surface area is 113 Å². The molecule has 0 bridgehead atoms. The van der Waals surface area contributed by atoms with E-state index in [1.807, 2.05) is 0 Å². The van der Waals surface area contributed by atoms with Crippen LogP contribution in [0.15, 0.2) is 34.7 Å². The first-order valence-electron chi connectivity index (χ1n) is 5.38. The first-order chi connectivity index (χ1) is 8.97. The summed E-state index contributed by atoms with van der Waals surface area (Å²) in [6.45, 7) is 1.37. The van der Waals surface area contributed by atoms with Gasteiger partial charge in [0.2, 0.25) is 11.7 Å². The minimum Gasteiger partial charge on any atom is -0.475 e. The van der Waals surface area contributed by atoms with Gasteiger partial charge in [0.1, 0.15) is 5.76 Å². The lowest BCUT2D eigenvalue weighted by Gasteiger charge is -2.08. The summed E-state index contributed by atoms with van der Waals surface area (Å²) in [5.41, 5.74) is 1.03. The van der Waals surface area contributed by atoms with Crippen LogP contribution in [0, 0.1) is 0 Å². The molecular formula is C13H10ClNO4. The zero-order chi connectivity index (χ0) is 14.0. The molecule has 1 aromatic heterocycles. The highest BCUT2D eigenvalue weighted by Crippen LogP contribution is 2.32. The SMILES string of the molecule is CC(=O)Nc1cc(Cl)ccc1-c1ccc(C(=O)O)o1. The second kappa shape index (κ2) is 5.16. The molecule has 2 N–H and O–H groups in total.